The lowest BCUT2D eigenvalue weighted by atomic mass is 9.93. The highest BCUT2D eigenvalue weighted by Gasteiger charge is 2.38. The number of halogens is 6. The van der Waals surface area contributed by atoms with Gasteiger partial charge in [0.15, 0.2) is 0 Å². The number of hydrogen-bond donors (Lipinski definition) is 0. The lowest BCUT2D eigenvalue weighted by molar-refractivity contribution is -0.139. The third kappa shape index (κ3) is 3.52. The SMILES string of the molecule is COC(=O)c1ccc(C(F)(F)F)c(-c2ccccc2C(F)(F)F)c1. The van der Waals surface area contributed by atoms with E-state index in [1.54, 1.807) is 0 Å². The van der Waals surface area contributed by atoms with Gasteiger partial charge >= 0.3 is 18.3 Å². The van der Waals surface area contributed by atoms with Gasteiger partial charge in [-0.05, 0) is 35.4 Å². The second-order valence-electron chi connectivity index (χ2n) is 4.79. The summed E-state index contributed by atoms with van der Waals surface area (Å²) in [5, 5.41) is 0. The molecule has 0 aliphatic heterocycles. The molecule has 24 heavy (non-hydrogen) atoms. The molecule has 128 valence electrons. The van der Waals surface area contributed by atoms with Gasteiger partial charge in [0.2, 0.25) is 0 Å². The maximum Gasteiger partial charge on any atom is 0.417 e. The number of carbonyl (C=O) groups is 1. The van der Waals surface area contributed by atoms with Gasteiger partial charge in [-0.25, -0.2) is 4.79 Å². The van der Waals surface area contributed by atoms with E-state index in [0.29, 0.717) is 12.1 Å². The van der Waals surface area contributed by atoms with Crippen molar-refractivity contribution in [3.05, 3.63) is 59.2 Å². The molecule has 2 aromatic carbocycles. The van der Waals surface area contributed by atoms with Crippen LogP contribution in [0.4, 0.5) is 26.3 Å². The van der Waals surface area contributed by atoms with E-state index >= 15 is 0 Å². The Kier molecular flexibility index (Phi) is 4.59. The molecule has 2 nitrogen and oxygen atoms in total. The van der Waals surface area contributed by atoms with Gasteiger partial charge in [-0.1, -0.05) is 18.2 Å². The van der Waals surface area contributed by atoms with E-state index < -0.39 is 40.6 Å². The Bertz CT molecular complexity index is 762. The normalized spacial score (nSPS) is 12.1. The van der Waals surface area contributed by atoms with E-state index in [0.717, 1.165) is 31.4 Å². The van der Waals surface area contributed by atoms with Crippen molar-refractivity contribution in [3.63, 3.8) is 0 Å². The molecule has 0 amide bonds. The molecule has 0 saturated heterocycles. The zero-order valence-electron chi connectivity index (χ0n) is 12.1. The van der Waals surface area contributed by atoms with Gasteiger partial charge in [0.05, 0.1) is 23.8 Å². The summed E-state index contributed by atoms with van der Waals surface area (Å²) in [5.41, 5.74) is -4.18. The van der Waals surface area contributed by atoms with Crippen LogP contribution in [0.5, 0.6) is 0 Å². The monoisotopic (exact) mass is 348 g/mol. The molecule has 0 aromatic heterocycles. The topological polar surface area (TPSA) is 26.3 Å². The predicted octanol–water partition coefficient (Wildman–Crippen LogP) is 5.18. The zero-order valence-corrected chi connectivity index (χ0v) is 12.1. The Morgan fingerprint density at radius 1 is 0.833 bits per heavy atom. The van der Waals surface area contributed by atoms with Crippen LogP contribution < -0.4 is 0 Å². The summed E-state index contributed by atoms with van der Waals surface area (Å²) >= 11 is 0. The average molecular weight is 348 g/mol. The summed E-state index contributed by atoms with van der Waals surface area (Å²) in [4.78, 5) is 11.5. The molecule has 8 heteroatoms. The number of hydrogen-bond acceptors (Lipinski definition) is 2. The average Bonchev–Trinajstić information content (AvgIpc) is 2.52. The van der Waals surface area contributed by atoms with Crippen molar-refractivity contribution in [1.29, 1.82) is 0 Å². The third-order valence-corrected chi connectivity index (χ3v) is 3.27. The number of carbonyl (C=O) groups excluding carboxylic acids is 1. The minimum Gasteiger partial charge on any atom is -0.465 e. The van der Waals surface area contributed by atoms with Crippen molar-refractivity contribution >= 4 is 5.97 Å². The van der Waals surface area contributed by atoms with Crippen molar-refractivity contribution in [2.75, 3.05) is 7.11 Å². The van der Waals surface area contributed by atoms with E-state index in [9.17, 15) is 31.1 Å². The van der Waals surface area contributed by atoms with Crippen LogP contribution in [0.1, 0.15) is 21.5 Å². The Morgan fingerprint density at radius 3 is 1.92 bits per heavy atom. The summed E-state index contributed by atoms with van der Waals surface area (Å²) < 4.78 is 83.3. The fraction of sp³-hybridized carbons (Fsp3) is 0.188. The maximum absolute atomic E-state index is 13.2. The number of alkyl halides is 6. The van der Waals surface area contributed by atoms with Gasteiger partial charge in [-0.3, -0.25) is 0 Å². The molecule has 0 heterocycles. The summed E-state index contributed by atoms with van der Waals surface area (Å²) in [7, 11) is 1.02. The van der Waals surface area contributed by atoms with Crippen LogP contribution in [-0.2, 0) is 17.1 Å². The summed E-state index contributed by atoms with van der Waals surface area (Å²) in [5.74, 6) is -0.950. The number of ether oxygens (including phenoxy) is 1. The van der Waals surface area contributed by atoms with E-state index in [4.69, 9.17) is 0 Å². The zero-order chi connectivity index (χ0) is 18.1. The second kappa shape index (κ2) is 6.18. The van der Waals surface area contributed by atoms with Crippen LogP contribution in [0, 0.1) is 0 Å². The number of methoxy groups -OCH3 is 1. The van der Waals surface area contributed by atoms with Gasteiger partial charge in [0, 0.05) is 0 Å². The molecule has 2 rings (SSSR count). The fourth-order valence-corrected chi connectivity index (χ4v) is 2.22. The van der Waals surface area contributed by atoms with Gasteiger partial charge in [0.25, 0.3) is 0 Å². The van der Waals surface area contributed by atoms with E-state index in [1.807, 2.05) is 0 Å². The highest BCUT2D eigenvalue weighted by molar-refractivity contribution is 5.91. The Morgan fingerprint density at radius 2 is 1.38 bits per heavy atom. The number of esters is 1. The first-order valence-electron chi connectivity index (χ1n) is 6.52. The number of benzene rings is 2. The van der Waals surface area contributed by atoms with E-state index in [-0.39, 0.29) is 5.56 Å². The van der Waals surface area contributed by atoms with Crippen molar-refractivity contribution < 1.29 is 35.9 Å². The van der Waals surface area contributed by atoms with Crippen LogP contribution in [0.25, 0.3) is 11.1 Å². The highest BCUT2D eigenvalue weighted by atomic mass is 19.4. The van der Waals surface area contributed by atoms with Gasteiger partial charge in [-0.15, -0.1) is 0 Å². The molecule has 0 radical (unpaired) electrons. The van der Waals surface area contributed by atoms with Gasteiger partial charge in [0.1, 0.15) is 0 Å². The van der Waals surface area contributed by atoms with Crippen LogP contribution >= 0.6 is 0 Å². The van der Waals surface area contributed by atoms with Crippen LogP contribution in [0.2, 0.25) is 0 Å². The van der Waals surface area contributed by atoms with Crippen LogP contribution in [0.15, 0.2) is 42.5 Å². The molecular weight excluding hydrogens is 338 g/mol. The molecular formula is C16H10F6O2. The molecule has 0 saturated carbocycles. The summed E-state index contributed by atoms with van der Waals surface area (Å²) in [6, 6.07) is 6.04. The number of rotatable bonds is 2. The highest BCUT2D eigenvalue weighted by Crippen LogP contribution is 2.42. The molecule has 0 bridgehead atoms. The fourth-order valence-electron chi connectivity index (χ4n) is 2.22. The lowest BCUT2D eigenvalue weighted by Gasteiger charge is -2.18. The third-order valence-electron chi connectivity index (χ3n) is 3.27. The van der Waals surface area contributed by atoms with E-state index in [2.05, 4.69) is 4.74 Å². The first kappa shape index (κ1) is 17.8. The molecule has 2 aromatic rings. The first-order chi connectivity index (χ1) is 11.1. The minimum atomic E-state index is -4.89. The van der Waals surface area contributed by atoms with E-state index in [1.165, 1.54) is 6.07 Å². The Labute approximate surface area is 132 Å². The Hall–Kier alpha value is -2.51. The van der Waals surface area contributed by atoms with Crippen molar-refractivity contribution in [1.82, 2.24) is 0 Å². The summed E-state index contributed by atoms with van der Waals surface area (Å²) in [6.07, 6.45) is -9.73. The maximum atomic E-state index is 13.2. The second-order valence-corrected chi connectivity index (χ2v) is 4.79. The molecule has 0 spiro atoms. The predicted molar refractivity (Wildman–Crippen MR) is 73.2 cm³/mol. The molecule has 0 aliphatic rings. The van der Waals surface area contributed by atoms with Crippen molar-refractivity contribution in [2.45, 2.75) is 12.4 Å². The van der Waals surface area contributed by atoms with Crippen LogP contribution in [-0.4, -0.2) is 13.1 Å². The largest absolute Gasteiger partial charge is 0.465 e. The quantitative estimate of drug-likeness (QED) is 0.552. The van der Waals surface area contributed by atoms with Crippen LogP contribution in [0.3, 0.4) is 0 Å². The standard InChI is InChI=1S/C16H10F6O2/c1-24-14(23)9-6-7-13(16(20,21)22)11(8-9)10-4-2-3-5-12(10)15(17,18)19/h2-8H,1H3. The van der Waals surface area contributed by atoms with Gasteiger partial charge in [-0.2, -0.15) is 26.3 Å². The summed E-state index contributed by atoms with van der Waals surface area (Å²) in [6.45, 7) is 0. The molecule has 0 N–H and O–H groups in total. The first-order valence-corrected chi connectivity index (χ1v) is 6.52. The minimum absolute atomic E-state index is 0.280. The molecule has 0 fully saturated rings. The van der Waals surface area contributed by atoms with Gasteiger partial charge < -0.3 is 4.74 Å². The Balaban J connectivity index is 2.79. The molecule has 0 unspecified atom stereocenters. The van der Waals surface area contributed by atoms with Crippen molar-refractivity contribution in [2.24, 2.45) is 0 Å². The van der Waals surface area contributed by atoms with Crippen molar-refractivity contribution in [3.8, 4) is 11.1 Å². The molecule has 0 aliphatic carbocycles. The molecule has 0 atom stereocenters. The smallest absolute Gasteiger partial charge is 0.417 e. The lowest BCUT2D eigenvalue weighted by Crippen LogP contribution is -2.12.